The number of carbonyl (C=O) groups is 1. The van der Waals surface area contributed by atoms with E-state index in [1.165, 1.54) is 0 Å². The van der Waals surface area contributed by atoms with Crippen LogP contribution in [-0.2, 0) is 9.47 Å². The Hall–Kier alpha value is -1.92. The average Bonchev–Trinajstić information content (AvgIpc) is 3.01. The van der Waals surface area contributed by atoms with Gasteiger partial charge in [-0.25, -0.2) is 0 Å². The molecule has 2 aliphatic rings. The SMILES string of the molecule is C=CCNc1cncc(C(=O)N2CCC3(CC2)OCCO3)c1. The number of carbonyl (C=O) groups excluding carboxylic acids is 1. The maximum absolute atomic E-state index is 12.6. The monoisotopic (exact) mass is 303 g/mol. The minimum absolute atomic E-state index is 0.00241. The average molecular weight is 303 g/mol. The molecule has 1 amide bonds. The van der Waals surface area contributed by atoms with Crippen LogP contribution in [0.4, 0.5) is 5.69 Å². The summed E-state index contributed by atoms with van der Waals surface area (Å²) in [7, 11) is 0. The van der Waals surface area contributed by atoms with Gasteiger partial charge in [0.1, 0.15) is 0 Å². The number of anilines is 1. The van der Waals surface area contributed by atoms with E-state index in [2.05, 4.69) is 16.9 Å². The topological polar surface area (TPSA) is 63.7 Å². The predicted octanol–water partition coefficient (Wildman–Crippen LogP) is 1.66. The van der Waals surface area contributed by atoms with Gasteiger partial charge in [0.05, 0.1) is 24.5 Å². The summed E-state index contributed by atoms with van der Waals surface area (Å²) in [4.78, 5) is 18.6. The Bertz CT molecular complexity index is 545. The second-order valence-electron chi connectivity index (χ2n) is 5.53. The molecule has 2 saturated heterocycles. The molecule has 1 aromatic heterocycles. The Morgan fingerprint density at radius 3 is 2.77 bits per heavy atom. The third-order valence-corrected chi connectivity index (χ3v) is 4.06. The Morgan fingerprint density at radius 2 is 2.09 bits per heavy atom. The minimum Gasteiger partial charge on any atom is -0.380 e. The molecule has 6 heteroatoms. The molecule has 0 aromatic carbocycles. The fourth-order valence-electron chi connectivity index (χ4n) is 2.86. The highest BCUT2D eigenvalue weighted by atomic mass is 16.7. The lowest BCUT2D eigenvalue weighted by molar-refractivity contribution is -0.181. The van der Waals surface area contributed by atoms with Crippen LogP contribution in [0.15, 0.2) is 31.1 Å². The first-order valence-corrected chi connectivity index (χ1v) is 7.59. The van der Waals surface area contributed by atoms with Crippen molar-refractivity contribution in [2.24, 2.45) is 0 Å². The Kier molecular flexibility index (Phi) is 4.40. The van der Waals surface area contributed by atoms with E-state index in [1.807, 2.05) is 11.0 Å². The fraction of sp³-hybridized carbons (Fsp3) is 0.500. The maximum atomic E-state index is 12.6. The molecule has 2 aliphatic heterocycles. The van der Waals surface area contributed by atoms with Gasteiger partial charge in [-0.2, -0.15) is 0 Å². The lowest BCUT2D eigenvalue weighted by Gasteiger charge is -2.37. The number of hydrogen-bond acceptors (Lipinski definition) is 5. The largest absolute Gasteiger partial charge is 0.380 e. The van der Waals surface area contributed by atoms with Crippen LogP contribution in [0.5, 0.6) is 0 Å². The summed E-state index contributed by atoms with van der Waals surface area (Å²) < 4.78 is 11.4. The molecule has 0 aliphatic carbocycles. The van der Waals surface area contributed by atoms with Gasteiger partial charge in [0.25, 0.3) is 5.91 Å². The first-order valence-electron chi connectivity index (χ1n) is 7.59. The van der Waals surface area contributed by atoms with Gasteiger partial charge >= 0.3 is 0 Å². The molecular weight excluding hydrogens is 282 g/mol. The van der Waals surface area contributed by atoms with Gasteiger partial charge in [0.15, 0.2) is 5.79 Å². The number of hydrogen-bond donors (Lipinski definition) is 1. The summed E-state index contributed by atoms with van der Waals surface area (Å²) in [6.07, 6.45) is 6.52. The van der Waals surface area contributed by atoms with E-state index in [0.717, 1.165) is 18.5 Å². The van der Waals surface area contributed by atoms with Crippen molar-refractivity contribution in [3.05, 3.63) is 36.7 Å². The first kappa shape index (κ1) is 15.0. The van der Waals surface area contributed by atoms with Crippen molar-refractivity contribution in [2.75, 3.05) is 38.2 Å². The predicted molar refractivity (Wildman–Crippen MR) is 82.7 cm³/mol. The van der Waals surface area contributed by atoms with Crippen molar-refractivity contribution >= 4 is 11.6 Å². The molecular formula is C16H21N3O3. The van der Waals surface area contributed by atoms with Crippen molar-refractivity contribution < 1.29 is 14.3 Å². The molecule has 6 nitrogen and oxygen atoms in total. The molecule has 2 fully saturated rings. The molecule has 118 valence electrons. The molecule has 0 bridgehead atoms. The fourth-order valence-corrected chi connectivity index (χ4v) is 2.86. The second kappa shape index (κ2) is 6.46. The van der Waals surface area contributed by atoms with E-state index in [9.17, 15) is 4.79 Å². The number of ether oxygens (including phenoxy) is 2. The van der Waals surface area contributed by atoms with Gasteiger partial charge in [0.2, 0.25) is 0 Å². The van der Waals surface area contributed by atoms with E-state index in [-0.39, 0.29) is 5.91 Å². The van der Waals surface area contributed by atoms with Crippen LogP contribution in [0.25, 0.3) is 0 Å². The highest BCUT2D eigenvalue weighted by Crippen LogP contribution is 2.31. The molecule has 0 radical (unpaired) electrons. The summed E-state index contributed by atoms with van der Waals surface area (Å²) in [5.41, 5.74) is 1.42. The number of likely N-dealkylation sites (tertiary alicyclic amines) is 1. The number of nitrogens with zero attached hydrogens (tertiary/aromatic N) is 2. The zero-order chi connectivity index (χ0) is 15.4. The standard InChI is InChI=1S/C16H21N3O3/c1-2-5-18-14-10-13(11-17-12-14)15(20)19-6-3-16(4-7-19)21-8-9-22-16/h2,10-12,18H,1,3-9H2. The van der Waals surface area contributed by atoms with E-state index in [4.69, 9.17) is 9.47 Å². The van der Waals surface area contributed by atoms with Gasteiger partial charge in [-0.1, -0.05) is 6.08 Å². The third kappa shape index (κ3) is 3.13. The van der Waals surface area contributed by atoms with Crippen molar-refractivity contribution in [3.63, 3.8) is 0 Å². The van der Waals surface area contributed by atoms with Crippen molar-refractivity contribution in [2.45, 2.75) is 18.6 Å². The van der Waals surface area contributed by atoms with Crippen LogP contribution in [0.1, 0.15) is 23.2 Å². The Morgan fingerprint density at radius 1 is 1.36 bits per heavy atom. The molecule has 1 aromatic rings. The Balaban J connectivity index is 1.63. The lowest BCUT2D eigenvalue weighted by Crippen LogP contribution is -2.47. The third-order valence-electron chi connectivity index (χ3n) is 4.06. The van der Waals surface area contributed by atoms with Gasteiger partial charge in [-0.3, -0.25) is 9.78 Å². The number of amides is 1. The summed E-state index contributed by atoms with van der Waals surface area (Å²) in [6.45, 7) is 6.88. The normalized spacial score (nSPS) is 20.1. The minimum atomic E-state index is -0.456. The number of pyridine rings is 1. The zero-order valence-electron chi connectivity index (χ0n) is 12.6. The number of nitrogens with one attached hydrogen (secondary N) is 1. The number of aromatic nitrogens is 1. The van der Waals surface area contributed by atoms with Crippen LogP contribution in [-0.4, -0.2) is 54.4 Å². The van der Waals surface area contributed by atoms with Crippen LogP contribution in [0, 0.1) is 0 Å². The molecule has 22 heavy (non-hydrogen) atoms. The van der Waals surface area contributed by atoms with Gasteiger partial charge in [-0.05, 0) is 6.07 Å². The van der Waals surface area contributed by atoms with E-state index >= 15 is 0 Å². The highest BCUT2D eigenvalue weighted by molar-refractivity contribution is 5.94. The van der Waals surface area contributed by atoms with Crippen molar-refractivity contribution in [1.29, 1.82) is 0 Å². The number of rotatable bonds is 4. The van der Waals surface area contributed by atoms with Crippen molar-refractivity contribution in [1.82, 2.24) is 9.88 Å². The van der Waals surface area contributed by atoms with Crippen LogP contribution >= 0.6 is 0 Å². The summed E-state index contributed by atoms with van der Waals surface area (Å²) in [5.74, 6) is -0.454. The van der Waals surface area contributed by atoms with E-state index < -0.39 is 5.79 Å². The quantitative estimate of drug-likeness (QED) is 0.857. The summed E-state index contributed by atoms with van der Waals surface area (Å²) in [5, 5.41) is 3.14. The molecule has 0 atom stereocenters. The zero-order valence-corrected chi connectivity index (χ0v) is 12.6. The van der Waals surface area contributed by atoms with Crippen molar-refractivity contribution in [3.8, 4) is 0 Å². The molecule has 1 N–H and O–H groups in total. The smallest absolute Gasteiger partial charge is 0.255 e. The first-order chi connectivity index (χ1) is 10.7. The molecule has 1 spiro atoms. The molecule has 3 heterocycles. The Labute approximate surface area is 130 Å². The van der Waals surface area contributed by atoms with Crippen LogP contribution in [0.3, 0.4) is 0 Å². The highest BCUT2D eigenvalue weighted by Gasteiger charge is 2.40. The lowest BCUT2D eigenvalue weighted by atomic mass is 10.0. The summed E-state index contributed by atoms with van der Waals surface area (Å²) in [6, 6.07) is 1.83. The second-order valence-corrected chi connectivity index (χ2v) is 5.53. The number of piperidine rings is 1. The molecule has 0 unspecified atom stereocenters. The maximum Gasteiger partial charge on any atom is 0.255 e. The van der Waals surface area contributed by atoms with E-state index in [1.54, 1.807) is 18.5 Å². The van der Waals surface area contributed by atoms with Crippen LogP contribution < -0.4 is 5.32 Å². The molecule has 0 saturated carbocycles. The van der Waals surface area contributed by atoms with Crippen LogP contribution in [0.2, 0.25) is 0 Å². The summed E-state index contributed by atoms with van der Waals surface area (Å²) >= 11 is 0. The van der Waals surface area contributed by atoms with E-state index in [0.29, 0.717) is 38.4 Å². The van der Waals surface area contributed by atoms with Gasteiger partial charge < -0.3 is 19.7 Å². The van der Waals surface area contributed by atoms with Gasteiger partial charge in [-0.15, -0.1) is 6.58 Å². The van der Waals surface area contributed by atoms with Gasteiger partial charge in [0, 0.05) is 44.9 Å². The molecule has 3 rings (SSSR count).